The van der Waals surface area contributed by atoms with E-state index in [1.54, 1.807) is 0 Å². The van der Waals surface area contributed by atoms with E-state index in [1.807, 2.05) is 39.8 Å². The minimum absolute atomic E-state index is 0.00473. The van der Waals surface area contributed by atoms with Gasteiger partial charge in [0.25, 0.3) is 0 Å². The van der Waals surface area contributed by atoms with Gasteiger partial charge in [0.05, 0.1) is 6.42 Å². The Morgan fingerprint density at radius 3 is 2.56 bits per heavy atom. The first-order chi connectivity index (χ1) is 7.28. The van der Waals surface area contributed by atoms with Crippen molar-refractivity contribution in [1.29, 1.82) is 0 Å². The van der Waals surface area contributed by atoms with Gasteiger partial charge in [-0.2, -0.15) is 0 Å². The molecule has 2 atom stereocenters. The zero-order chi connectivity index (χ0) is 12.3. The Labute approximate surface area is 96.9 Å². The van der Waals surface area contributed by atoms with Crippen molar-refractivity contribution in [2.24, 2.45) is 11.8 Å². The van der Waals surface area contributed by atoms with Crippen LogP contribution in [-0.2, 0) is 14.3 Å². The molecule has 1 aliphatic rings. The van der Waals surface area contributed by atoms with E-state index >= 15 is 0 Å². The number of allylic oxidation sites excluding steroid dienone is 2. The van der Waals surface area contributed by atoms with Crippen molar-refractivity contribution in [3.05, 3.63) is 12.2 Å². The molecule has 1 aliphatic carbocycles. The van der Waals surface area contributed by atoms with E-state index < -0.39 is 5.60 Å². The van der Waals surface area contributed by atoms with Gasteiger partial charge in [-0.25, -0.2) is 0 Å². The molecule has 0 fully saturated rings. The molecule has 90 valence electrons. The fraction of sp³-hybridized carbons (Fsp3) is 0.692. The summed E-state index contributed by atoms with van der Waals surface area (Å²) in [5.74, 6) is -0.0194. The van der Waals surface area contributed by atoms with E-state index in [1.165, 1.54) is 0 Å². The second-order valence-corrected chi connectivity index (χ2v) is 5.39. The molecule has 1 unspecified atom stereocenters. The second kappa shape index (κ2) is 4.81. The van der Waals surface area contributed by atoms with Crippen LogP contribution in [-0.4, -0.2) is 17.4 Å². The fourth-order valence-corrected chi connectivity index (χ4v) is 1.68. The minimum Gasteiger partial charge on any atom is -0.460 e. The molecular formula is C13H20O3. The van der Waals surface area contributed by atoms with Crippen LogP contribution < -0.4 is 0 Å². The zero-order valence-corrected chi connectivity index (χ0v) is 10.4. The van der Waals surface area contributed by atoms with Crippen molar-refractivity contribution < 1.29 is 14.3 Å². The summed E-state index contributed by atoms with van der Waals surface area (Å²) in [6.07, 6.45) is 4.58. The topological polar surface area (TPSA) is 43.4 Å². The van der Waals surface area contributed by atoms with Gasteiger partial charge in [0.1, 0.15) is 11.4 Å². The first kappa shape index (κ1) is 12.9. The van der Waals surface area contributed by atoms with Gasteiger partial charge in [-0.15, -0.1) is 0 Å². The Morgan fingerprint density at radius 2 is 2.06 bits per heavy atom. The van der Waals surface area contributed by atoms with Crippen molar-refractivity contribution in [2.45, 2.75) is 46.1 Å². The summed E-state index contributed by atoms with van der Waals surface area (Å²) >= 11 is 0. The largest absolute Gasteiger partial charge is 0.460 e. The number of carbonyl (C=O) groups excluding carboxylic acids is 2. The van der Waals surface area contributed by atoms with Crippen LogP contribution in [0.1, 0.15) is 40.5 Å². The summed E-state index contributed by atoms with van der Waals surface area (Å²) in [5.41, 5.74) is -0.452. The van der Waals surface area contributed by atoms with Gasteiger partial charge >= 0.3 is 5.97 Å². The molecule has 0 heterocycles. The quantitative estimate of drug-likeness (QED) is 0.534. The molecule has 0 aliphatic heterocycles. The Morgan fingerprint density at radius 1 is 1.44 bits per heavy atom. The molecule has 0 amide bonds. The average Bonchev–Trinajstić information content (AvgIpc) is 2.08. The first-order valence-corrected chi connectivity index (χ1v) is 5.71. The third-order valence-electron chi connectivity index (χ3n) is 2.49. The molecule has 0 radical (unpaired) electrons. The predicted molar refractivity (Wildman–Crippen MR) is 61.9 cm³/mol. The molecule has 0 spiro atoms. The Hall–Kier alpha value is -1.12. The highest BCUT2D eigenvalue weighted by atomic mass is 16.6. The summed E-state index contributed by atoms with van der Waals surface area (Å²) in [4.78, 5) is 23.0. The van der Waals surface area contributed by atoms with Gasteiger partial charge in [-0.05, 0) is 26.7 Å². The number of Topliss-reactive ketones (excluding diaryl/α,β-unsaturated/α-hetero) is 1. The van der Waals surface area contributed by atoms with Crippen LogP contribution in [0.15, 0.2) is 12.2 Å². The number of hydrogen-bond acceptors (Lipinski definition) is 3. The van der Waals surface area contributed by atoms with Gasteiger partial charge in [-0.3, -0.25) is 9.59 Å². The molecule has 0 aromatic heterocycles. The van der Waals surface area contributed by atoms with E-state index in [4.69, 9.17) is 4.74 Å². The zero-order valence-electron chi connectivity index (χ0n) is 10.4. The number of carbonyl (C=O) groups is 2. The highest BCUT2D eigenvalue weighted by Gasteiger charge is 2.24. The van der Waals surface area contributed by atoms with Crippen LogP contribution in [0.25, 0.3) is 0 Å². The predicted octanol–water partition coefficient (Wildman–Crippen LogP) is 2.50. The summed E-state index contributed by atoms with van der Waals surface area (Å²) in [6, 6.07) is 0. The first-order valence-electron chi connectivity index (χ1n) is 5.71. The van der Waals surface area contributed by atoms with Crippen molar-refractivity contribution in [3.8, 4) is 0 Å². The molecule has 0 aromatic carbocycles. The Kier molecular flexibility index (Phi) is 3.89. The number of esters is 1. The van der Waals surface area contributed by atoms with Crippen molar-refractivity contribution in [1.82, 2.24) is 0 Å². The van der Waals surface area contributed by atoms with Crippen molar-refractivity contribution in [3.63, 3.8) is 0 Å². The Bertz CT molecular complexity index is 310. The van der Waals surface area contributed by atoms with Crippen LogP contribution in [0.4, 0.5) is 0 Å². The maximum atomic E-state index is 11.5. The molecule has 0 bridgehead atoms. The number of ether oxygens (including phenoxy) is 1. The molecular weight excluding hydrogens is 204 g/mol. The van der Waals surface area contributed by atoms with Gasteiger partial charge in [0.15, 0.2) is 0 Å². The molecule has 0 saturated carbocycles. The van der Waals surface area contributed by atoms with E-state index in [9.17, 15) is 9.59 Å². The highest BCUT2D eigenvalue weighted by Crippen LogP contribution is 2.22. The third-order valence-corrected chi connectivity index (χ3v) is 2.49. The van der Waals surface area contributed by atoms with Gasteiger partial charge < -0.3 is 4.74 Å². The van der Waals surface area contributed by atoms with Crippen LogP contribution in [0.5, 0.6) is 0 Å². The van der Waals surface area contributed by atoms with Crippen LogP contribution >= 0.6 is 0 Å². The van der Waals surface area contributed by atoms with Crippen LogP contribution in [0.3, 0.4) is 0 Å². The maximum Gasteiger partial charge on any atom is 0.306 e. The van der Waals surface area contributed by atoms with Gasteiger partial charge in [0, 0.05) is 12.3 Å². The van der Waals surface area contributed by atoms with E-state index in [2.05, 4.69) is 0 Å². The van der Waals surface area contributed by atoms with E-state index in [0.29, 0.717) is 12.8 Å². The summed E-state index contributed by atoms with van der Waals surface area (Å²) in [7, 11) is 0. The van der Waals surface area contributed by atoms with Gasteiger partial charge in [-0.1, -0.05) is 19.1 Å². The molecule has 0 aromatic rings. The van der Waals surface area contributed by atoms with Crippen molar-refractivity contribution >= 4 is 11.8 Å². The number of ketones is 1. The number of hydrogen-bond donors (Lipinski definition) is 0. The normalized spacial score (nSPS) is 25.6. The summed E-state index contributed by atoms with van der Waals surface area (Å²) < 4.78 is 5.22. The SMILES string of the molecule is CC1C=C[C@H](CC(=O)OC(C)(C)C)CC1=O. The molecule has 16 heavy (non-hydrogen) atoms. The Balaban J connectivity index is 2.47. The van der Waals surface area contributed by atoms with Crippen LogP contribution in [0.2, 0.25) is 0 Å². The number of rotatable bonds is 2. The van der Waals surface area contributed by atoms with Gasteiger partial charge in [0.2, 0.25) is 0 Å². The monoisotopic (exact) mass is 224 g/mol. The lowest BCUT2D eigenvalue weighted by atomic mass is 9.87. The average molecular weight is 224 g/mol. The minimum atomic E-state index is -0.452. The van der Waals surface area contributed by atoms with Crippen LogP contribution in [0, 0.1) is 11.8 Å². The lowest BCUT2D eigenvalue weighted by molar-refractivity contribution is -0.155. The molecule has 1 rings (SSSR count). The maximum absolute atomic E-state index is 11.5. The fourth-order valence-electron chi connectivity index (χ4n) is 1.68. The molecule has 0 N–H and O–H groups in total. The molecule has 3 heteroatoms. The third kappa shape index (κ3) is 4.17. The smallest absolute Gasteiger partial charge is 0.306 e. The highest BCUT2D eigenvalue weighted by molar-refractivity contribution is 5.84. The summed E-state index contributed by atoms with van der Waals surface area (Å²) in [5, 5.41) is 0. The standard InChI is InChI=1S/C13H20O3/c1-9-5-6-10(7-11(9)14)8-12(15)16-13(2,3)4/h5-6,9-10H,7-8H2,1-4H3/t9?,10-/m0/s1. The lowest BCUT2D eigenvalue weighted by Crippen LogP contribution is -2.26. The van der Waals surface area contributed by atoms with Crippen molar-refractivity contribution in [2.75, 3.05) is 0 Å². The lowest BCUT2D eigenvalue weighted by Gasteiger charge is -2.23. The summed E-state index contributed by atoms with van der Waals surface area (Å²) in [6.45, 7) is 7.40. The van der Waals surface area contributed by atoms with E-state index in [-0.39, 0.29) is 23.6 Å². The molecule has 3 nitrogen and oxygen atoms in total. The molecule has 0 saturated heterocycles. The second-order valence-electron chi connectivity index (χ2n) is 5.39. The van der Waals surface area contributed by atoms with E-state index in [0.717, 1.165) is 0 Å².